The van der Waals surface area contributed by atoms with Crippen molar-refractivity contribution in [3.63, 3.8) is 0 Å². The van der Waals surface area contributed by atoms with Gasteiger partial charge in [0.25, 0.3) is 0 Å². The van der Waals surface area contributed by atoms with Crippen molar-refractivity contribution in [1.29, 1.82) is 0 Å². The summed E-state index contributed by atoms with van der Waals surface area (Å²) in [6.07, 6.45) is 7.08. The molecule has 1 aliphatic carbocycles. The van der Waals surface area contributed by atoms with Gasteiger partial charge in [0.15, 0.2) is 0 Å². The average molecular weight is 406 g/mol. The normalized spacial score (nSPS) is 15.2. The predicted molar refractivity (Wildman–Crippen MR) is 109 cm³/mol. The number of carbonyl (C=O) groups excluding carboxylic acids is 2. The third-order valence-electron chi connectivity index (χ3n) is 5.02. The Morgan fingerprint density at radius 1 is 1.18 bits per heavy atom. The number of hydrogen-bond acceptors (Lipinski definition) is 8. The number of ether oxygens (including phenoxy) is 2. The molecule has 0 spiro atoms. The minimum atomic E-state index is -0.390. The highest BCUT2D eigenvalue weighted by molar-refractivity contribution is 7.20. The van der Waals surface area contributed by atoms with E-state index in [9.17, 15) is 9.59 Å². The molecule has 1 aliphatic rings. The van der Waals surface area contributed by atoms with Crippen molar-refractivity contribution in [3.05, 3.63) is 16.3 Å². The van der Waals surface area contributed by atoms with Crippen LogP contribution in [0.2, 0.25) is 0 Å². The summed E-state index contributed by atoms with van der Waals surface area (Å²) < 4.78 is 9.95. The smallest absolute Gasteiger partial charge is 0.348 e. The van der Waals surface area contributed by atoms with Crippen LogP contribution in [-0.2, 0) is 20.7 Å². The van der Waals surface area contributed by atoms with Crippen LogP contribution in [0.15, 0.2) is 0 Å². The predicted octanol–water partition coefficient (Wildman–Crippen LogP) is 4.03. The lowest BCUT2D eigenvalue weighted by molar-refractivity contribution is -0.139. The molecule has 7 nitrogen and oxygen atoms in total. The monoisotopic (exact) mass is 405 g/mol. The number of thiophene rings is 1. The molecular formula is C20H27N3O4S. The summed E-state index contributed by atoms with van der Waals surface area (Å²) in [6.45, 7) is 4.00. The lowest BCUT2D eigenvalue weighted by Gasteiger charge is -2.18. The van der Waals surface area contributed by atoms with Gasteiger partial charge in [-0.15, -0.1) is 11.3 Å². The van der Waals surface area contributed by atoms with Crippen LogP contribution < -0.4 is 5.32 Å². The molecule has 0 unspecified atom stereocenters. The number of anilines is 1. The number of carbonyl (C=O) groups is 2. The molecule has 2 aromatic rings. The molecule has 1 saturated carbocycles. The number of methoxy groups -OCH3 is 1. The van der Waals surface area contributed by atoms with Crippen LogP contribution >= 0.6 is 11.3 Å². The third kappa shape index (κ3) is 4.60. The van der Waals surface area contributed by atoms with E-state index in [1.807, 2.05) is 6.92 Å². The fraction of sp³-hybridized carbons (Fsp3) is 0.600. The summed E-state index contributed by atoms with van der Waals surface area (Å²) in [7, 11) is 1.35. The summed E-state index contributed by atoms with van der Waals surface area (Å²) in [6, 6.07) is 0.330. The van der Waals surface area contributed by atoms with Crippen molar-refractivity contribution in [1.82, 2.24) is 9.97 Å². The number of rotatable bonds is 6. The molecule has 0 aromatic carbocycles. The van der Waals surface area contributed by atoms with Gasteiger partial charge in [0.05, 0.1) is 19.1 Å². The molecule has 0 aliphatic heterocycles. The highest BCUT2D eigenvalue weighted by Gasteiger charge is 2.23. The topological polar surface area (TPSA) is 90.4 Å². The summed E-state index contributed by atoms with van der Waals surface area (Å²) in [4.78, 5) is 34.4. The molecule has 0 radical (unpaired) electrons. The van der Waals surface area contributed by atoms with Gasteiger partial charge in [0, 0.05) is 6.04 Å². The zero-order chi connectivity index (χ0) is 20.1. The highest BCUT2D eigenvalue weighted by Crippen LogP contribution is 2.35. The van der Waals surface area contributed by atoms with E-state index in [-0.39, 0.29) is 12.4 Å². The Morgan fingerprint density at radius 2 is 1.89 bits per heavy atom. The van der Waals surface area contributed by atoms with Crippen molar-refractivity contribution >= 4 is 39.3 Å². The second kappa shape index (κ2) is 9.32. The van der Waals surface area contributed by atoms with Crippen LogP contribution in [0, 0.1) is 6.92 Å². The van der Waals surface area contributed by atoms with Crippen LogP contribution in [0.5, 0.6) is 0 Å². The first-order chi connectivity index (χ1) is 13.5. The van der Waals surface area contributed by atoms with Gasteiger partial charge < -0.3 is 14.8 Å². The van der Waals surface area contributed by atoms with Gasteiger partial charge >= 0.3 is 11.9 Å². The molecule has 8 heteroatoms. The van der Waals surface area contributed by atoms with E-state index in [1.54, 1.807) is 6.92 Å². The van der Waals surface area contributed by atoms with Crippen molar-refractivity contribution in [2.24, 2.45) is 0 Å². The van der Waals surface area contributed by atoms with E-state index in [2.05, 4.69) is 15.3 Å². The zero-order valence-electron chi connectivity index (χ0n) is 16.7. The molecule has 1 fully saturated rings. The number of esters is 2. The van der Waals surface area contributed by atoms with Crippen molar-refractivity contribution < 1.29 is 19.1 Å². The van der Waals surface area contributed by atoms with Gasteiger partial charge in [-0.3, -0.25) is 4.79 Å². The number of aromatic nitrogens is 2. The summed E-state index contributed by atoms with van der Waals surface area (Å²) in [5, 5.41) is 4.41. The van der Waals surface area contributed by atoms with Crippen LogP contribution in [-0.4, -0.2) is 41.7 Å². The molecule has 2 aromatic heterocycles. The summed E-state index contributed by atoms with van der Waals surface area (Å²) in [5.41, 5.74) is 0.819. The first kappa shape index (κ1) is 20.5. The van der Waals surface area contributed by atoms with E-state index in [0.717, 1.165) is 23.8 Å². The lowest BCUT2D eigenvalue weighted by atomic mass is 10.1. The summed E-state index contributed by atoms with van der Waals surface area (Å²) in [5.74, 6) is 0.351. The first-order valence-corrected chi connectivity index (χ1v) is 10.7. The van der Waals surface area contributed by atoms with Gasteiger partial charge in [-0.2, -0.15) is 0 Å². The highest BCUT2D eigenvalue weighted by atomic mass is 32.1. The van der Waals surface area contributed by atoms with Gasteiger partial charge in [0.1, 0.15) is 27.8 Å². The maximum absolute atomic E-state index is 12.3. The molecule has 3 rings (SSSR count). The molecule has 28 heavy (non-hydrogen) atoms. The maximum Gasteiger partial charge on any atom is 0.348 e. The minimum absolute atomic E-state index is 0.00251. The quantitative estimate of drug-likeness (QED) is 0.573. The fourth-order valence-corrected chi connectivity index (χ4v) is 4.67. The van der Waals surface area contributed by atoms with E-state index in [4.69, 9.17) is 9.47 Å². The first-order valence-electron chi connectivity index (χ1n) is 9.84. The van der Waals surface area contributed by atoms with Crippen molar-refractivity contribution in [2.75, 3.05) is 19.0 Å². The molecule has 2 heterocycles. The second-order valence-corrected chi connectivity index (χ2v) is 8.03. The molecule has 1 N–H and O–H groups in total. The van der Waals surface area contributed by atoms with Crippen LogP contribution in [0.1, 0.15) is 66.5 Å². The van der Waals surface area contributed by atoms with Gasteiger partial charge in [-0.25, -0.2) is 14.8 Å². The molecular weight excluding hydrogens is 378 g/mol. The Balaban J connectivity index is 2.03. The van der Waals surface area contributed by atoms with Gasteiger partial charge in [0.2, 0.25) is 0 Å². The summed E-state index contributed by atoms with van der Waals surface area (Å²) >= 11 is 1.28. The number of nitrogens with zero attached hydrogens (tertiary/aromatic N) is 2. The molecule has 0 amide bonds. The second-order valence-electron chi connectivity index (χ2n) is 7.03. The number of fused-ring (bicyclic) bond motifs is 1. The standard InChI is InChI=1S/C20H27N3O4S/c1-4-27-20(25)17-12(2)16-18(21-13-9-7-5-6-8-10-13)22-14(11-15(24)26-3)23-19(16)28-17/h13H,4-11H2,1-3H3,(H,21,22,23). The Hall–Kier alpha value is -2.22. The van der Waals surface area contributed by atoms with Gasteiger partial charge in [-0.05, 0) is 32.3 Å². The number of aryl methyl sites for hydroxylation is 1. The third-order valence-corrected chi connectivity index (χ3v) is 6.19. The van der Waals surface area contributed by atoms with E-state index in [1.165, 1.54) is 44.1 Å². The zero-order valence-corrected chi connectivity index (χ0v) is 17.5. The average Bonchev–Trinajstić information content (AvgIpc) is 2.83. The SMILES string of the molecule is CCOC(=O)c1sc2nc(CC(=O)OC)nc(NC3CCCCCC3)c2c1C. The van der Waals surface area contributed by atoms with Crippen LogP contribution in [0.3, 0.4) is 0 Å². The minimum Gasteiger partial charge on any atom is -0.469 e. The van der Waals surface area contributed by atoms with Crippen molar-refractivity contribution in [3.8, 4) is 0 Å². The van der Waals surface area contributed by atoms with E-state index >= 15 is 0 Å². The van der Waals surface area contributed by atoms with E-state index in [0.29, 0.717) is 34.0 Å². The fourth-order valence-electron chi connectivity index (χ4n) is 3.58. The Labute approximate surface area is 168 Å². The molecule has 0 saturated heterocycles. The Kier molecular flexibility index (Phi) is 6.83. The number of hydrogen-bond donors (Lipinski definition) is 1. The van der Waals surface area contributed by atoms with E-state index < -0.39 is 5.97 Å². The van der Waals surface area contributed by atoms with Gasteiger partial charge in [-0.1, -0.05) is 25.7 Å². The van der Waals surface area contributed by atoms with Crippen molar-refractivity contribution in [2.45, 2.75) is 64.8 Å². The maximum atomic E-state index is 12.3. The molecule has 0 bridgehead atoms. The largest absolute Gasteiger partial charge is 0.469 e. The Bertz CT molecular complexity index is 857. The van der Waals surface area contributed by atoms with Crippen LogP contribution in [0.25, 0.3) is 10.2 Å². The lowest BCUT2D eigenvalue weighted by Crippen LogP contribution is -2.20. The molecule has 152 valence electrons. The Morgan fingerprint density at radius 3 is 2.54 bits per heavy atom. The molecule has 0 atom stereocenters. The van der Waals surface area contributed by atoms with Crippen LogP contribution in [0.4, 0.5) is 5.82 Å². The number of nitrogens with one attached hydrogen (secondary N) is 1.